The predicted octanol–water partition coefficient (Wildman–Crippen LogP) is 1.07. The van der Waals surface area contributed by atoms with E-state index in [4.69, 9.17) is 5.11 Å². The lowest BCUT2D eigenvalue weighted by Gasteiger charge is -2.07. The van der Waals surface area contributed by atoms with Crippen molar-refractivity contribution < 1.29 is 18.3 Å². The summed E-state index contributed by atoms with van der Waals surface area (Å²) in [5.41, 5.74) is 0.602. The highest BCUT2D eigenvalue weighted by Gasteiger charge is 2.27. The molecule has 15 heavy (non-hydrogen) atoms. The average Bonchev–Trinajstić information content (AvgIpc) is 2.17. The van der Waals surface area contributed by atoms with Gasteiger partial charge in [-0.25, -0.2) is 8.42 Å². The van der Waals surface area contributed by atoms with E-state index in [1.165, 1.54) is 6.92 Å². The van der Waals surface area contributed by atoms with Gasteiger partial charge in [-0.15, -0.1) is 0 Å². The summed E-state index contributed by atoms with van der Waals surface area (Å²) in [6, 6.07) is 8.53. The zero-order valence-corrected chi connectivity index (χ0v) is 9.07. The maximum absolute atomic E-state index is 11.6. The van der Waals surface area contributed by atoms with Gasteiger partial charge in [0.15, 0.2) is 15.1 Å². The largest absolute Gasteiger partial charge is 0.480 e. The Kier molecular flexibility index (Phi) is 3.47. The summed E-state index contributed by atoms with van der Waals surface area (Å²) in [6.45, 7) is 1.18. The van der Waals surface area contributed by atoms with Crippen molar-refractivity contribution in [2.24, 2.45) is 0 Å². The molecule has 82 valence electrons. The lowest BCUT2D eigenvalue weighted by molar-refractivity contribution is -0.136. The number of carboxylic acids is 1. The van der Waals surface area contributed by atoms with E-state index in [0.29, 0.717) is 5.56 Å². The number of hydrogen-bond donors (Lipinski definition) is 1. The van der Waals surface area contributed by atoms with Gasteiger partial charge in [0.25, 0.3) is 0 Å². The third-order valence-electron chi connectivity index (χ3n) is 2.10. The lowest BCUT2D eigenvalue weighted by atomic mass is 10.2. The molecule has 0 amide bonds. The van der Waals surface area contributed by atoms with Crippen molar-refractivity contribution in [3.05, 3.63) is 35.9 Å². The monoisotopic (exact) mass is 228 g/mol. The summed E-state index contributed by atoms with van der Waals surface area (Å²) in [6.07, 6.45) is 0. The van der Waals surface area contributed by atoms with Crippen molar-refractivity contribution in [3.8, 4) is 0 Å². The minimum atomic E-state index is -3.61. The molecule has 1 aromatic carbocycles. The van der Waals surface area contributed by atoms with Gasteiger partial charge in [-0.2, -0.15) is 0 Å². The fraction of sp³-hybridized carbons (Fsp3) is 0.300. The summed E-state index contributed by atoms with van der Waals surface area (Å²) in [4.78, 5) is 10.6. The van der Waals surface area contributed by atoms with E-state index in [9.17, 15) is 13.2 Å². The van der Waals surface area contributed by atoms with Gasteiger partial charge < -0.3 is 5.11 Å². The van der Waals surface area contributed by atoms with Crippen LogP contribution in [0.2, 0.25) is 0 Å². The molecule has 1 atom stereocenters. The van der Waals surface area contributed by atoms with E-state index >= 15 is 0 Å². The first kappa shape index (κ1) is 11.7. The van der Waals surface area contributed by atoms with Crippen LogP contribution in [0.1, 0.15) is 12.5 Å². The molecule has 0 bridgehead atoms. The number of sulfone groups is 1. The SMILES string of the molecule is C[C@H](C(=O)O)S(=O)(=O)Cc1ccccc1. The molecule has 0 radical (unpaired) electrons. The second-order valence-electron chi connectivity index (χ2n) is 3.27. The molecule has 0 saturated carbocycles. The average molecular weight is 228 g/mol. The van der Waals surface area contributed by atoms with E-state index in [-0.39, 0.29) is 5.75 Å². The van der Waals surface area contributed by atoms with Crippen LogP contribution in [-0.4, -0.2) is 24.7 Å². The number of benzene rings is 1. The molecular formula is C10H12O4S. The maximum Gasteiger partial charge on any atom is 0.321 e. The molecule has 0 spiro atoms. The minimum absolute atomic E-state index is 0.235. The standard InChI is InChI=1S/C10H12O4S/c1-8(10(11)12)15(13,14)7-9-5-3-2-4-6-9/h2-6,8H,7H2,1H3,(H,11,12)/t8-/m1/s1. The molecule has 0 aliphatic rings. The van der Waals surface area contributed by atoms with Gasteiger partial charge in [0.2, 0.25) is 0 Å². The normalized spacial score (nSPS) is 13.4. The van der Waals surface area contributed by atoms with E-state index < -0.39 is 21.1 Å². The molecular weight excluding hydrogens is 216 g/mol. The van der Waals surface area contributed by atoms with Crippen LogP contribution in [0.25, 0.3) is 0 Å². The predicted molar refractivity (Wildman–Crippen MR) is 56.2 cm³/mol. The third-order valence-corrected chi connectivity index (χ3v) is 4.11. The van der Waals surface area contributed by atoms with Gasteiger partial charge in [-0.05, 0) is 12.5 Å². The number of rotatable bonds is 4. The maximum atomic E-state index is 11.6. The first-order valence-corrected chi connectivity index (χ1v) is 6.13. The van der Waals surface area contributed by atoms with Gasteiger partial charge >= 0.3 is 5.97 Å². The van der Waals surface area contributed by atoms with Gasteiger partial charge in [-0.3, -0.25) is 4.79 Å². The molecule has 0 unspecified atom stereocenters. The second-order valence-corrected chi connectivity index (χ2v) is 5.59. The molecule has 5 heteroatoms. The van der Waals surface area contributed by atoms with Crippen LogP contribution in [0.5, 0.6) is 0 Å². The zero-order valence-electron chi connectivity index (χ0n) is 8.25. The van der Waals surface area contributed by atoms with Crippen LogP contribution >= 0.6 is 0 Å². The fourth-order valence-electron chi connectivity index (χ4n) is 1.09. The van der Waals surface area contributed by atoms with E-state index in [1.54, 1.807) is 30.3 Å². The van der Waals surface area contributed by atoms with Crippen LogP contribution in [0, 0.1) is 0 Å². The fourth-order valence-corrected chi connectivity index (χ4v) is 2.30. The van der Waals surface area contributed by atoms with Crippen LogP contribution in [0.3, 0.4) is 0 Å². The number of carbonyl (C=O) groups is 1. The second kappa shape index (κ2) is 4.44. The van der Waals surface area contributed by atoms with Gasteiger partial charge in [0.05, 0.1) is 5.75 Å². The first-order chi connectivity index (χ1) is 6.93. The Hall–Kier alpha value is -1.36. The molecule has 0 aromatic heterocycles. The summed E-state index contributed by atoms with van der Waals surface area (Å²) in [7, 11) is -3.61. The molecule has 0 aliphatic carbocycles. The Morgan fingerprint density at radius 3 is 2.33 bits per heavy atom. The molecule has 1 aromatic rings. The van der Waals surface area contributed by atoms with E-state index in [1.807, 2.05) is 0 Å². The van der Waals surface area contributed by atoms with Crippen LogP contribution in [0.4, 0.5) is 0 Å². The highest BCUT2D eigenvalue weighted by atomic mass is 32.2. The molecule has 0 fully saturated rings. The first-order valence-electron chi connectivity index (χ1n) is 4.42. The van der Waals surface area contributed by atoms with Crippen LogP contribution in [-0.2, 0) is 20.4 Å². The Balaban J connectivity index is 2.87. The third kappa shape index (κ3) is 3.06. The van der Waals surface area contributed by atoms with E-state index in [2.05, 4.69) is 0 Å². The number of carboxylic acid groups (broad SMARTS) is 1. The highest BCUT2D eigenvalue weighted by Crippen LogP contribution is 2.10. The Bertz CT molecular complexity index is 436. The van der Waals surface area contributed by atoms with Crippen molar-refractivity contribution in [2.45, 2.75) is 17.9 Å². The highest BCUT2D eigenvalue weighted by molar-refractivity contribution is 7.91. The quantitative estimate of drug-likeness (QED) is 0.836. The van der Waals surface area contributed by atoms with Crippen LogP contribution < -0.4 is 0 Å². The summed E-state index contributed by atoms with van der Waals surface area (Å²) in [5, 5.41) is 7.25. The molecule has 4 nitrogen and oxygen atoms in total. The van der Waals surface area contributed by atoms with Crippen molar-refractivity contribution in [2.75, 3.05) is 0 Å². The Morgan fingerprint density at radius 1 is 1.33 bits per heavy atom. The molecule has 1 N–H and O–H groups in total. The minimum Gasteiger partial charge on any atom is -0.480 e. The van der Waals surface area contributed by atoms with Gasteiger partial charge in [0, 0.05) is 0 Å². The summed E-state index contributed by atoms with van der Waals surface area (Å²) < 4.78 is 23.1. The van der Waals surface area contributed by atoms with E-state index in [0.717, 1.165) is 0 Å². The molecule has 1 rings (SSSR count). The summed E-state index contributed by atoms with van der Waals surface area (Å²) >= 11 is 0. The Labute approximate surface area is 88.5 Å². The molecule has 0 aliphatic heterocycles. The smallest absolute Gasteiger partial charge is 0.321 e. The van der Waals surface area contributed by atoms with Gasteiger partial charge in [0.1, 0.15) is 0 Å². The number of aliphatic carboxylic acids is 1. The Morgan fingerprint density at radius 2 is 1.87 bits per heavy atom. The van der Waals surface area contributed by atoms with Crippen molar-refractivity contribution in [1.29, 1.82) is 0 Å². The van der Waals surface area contributed by atoms with Crippen molar-refractivity contribution in [1.82, 2.24) is 0 Å². The van der Waals surface area contributed by atoms with Crippen molar-refractivity contribution >= 4 is 15.8 Å². The van der Waals surface area contributed by atoms with Gasteiger partial charge in [-0.1, -0.05) is 30.3 Å². The summed E-state index contributed by atoms with van der Waals surface area (Å²) in [5.74, 6) is -1.55. The zero-order chi connectivity index (χ0) is 11.5. The number of hydrogen-bond acceptors (Lipinski definition) is 3. The topological polar surface area (TPSA) is 71.4 Å². The lowest BCUT2D eigenvalue weighted by Crippen LogP contribution is -2.28. The molecule has 0 saturated heterocycles. The van der Waals surface area contributed by atoms with Crippen molar-refractivity contribution in [3.63, 3.8) is 0 Å². The molecule has 0 heterocycles. The van der Waals surface area contributed by atoms with Crippen LogP contribution in [0.15, 0.2) is 30.3 Å².